The van der Waals surface area contributed by atoms with Gasteiger partial charge in [0.2, 0.25) is 11.9 Å². The van der Waals surface area contributed by atoms with Gasteiger partial charge in [0.05, 0.1) is 35.7 Å². The lowest BCUT2D eigenvalue weighted by molar-refractivity contribution is -0.117. The molecule has 0 bridgehead atoms. The SMILES string of the molecule is CS(=O)(=O)CN(c1ccc(Nc2ncc3cnn(-c4ccc(NC(=O)CN5CCCC5)cc4)c3n2)cn1)S(=O)O. The predicted octanol–water partition coefficient (Wildman–Crippen LogP) is 1.93. The third-order valence-corrected chi connectivity index (χ3v) is 7.65. The van der Waals surface area contributed by atoms with E-state index in [-0.39, 0.29) is 17.7 Å². The molecule has 40 heavy (non-hydrogen) atoms. The number of likely N-dealkylation sites (tertiary alicyclic amines) is 1. The van der Waals surface area contributed by atoms with E-state index in [1.807, 2.05) is 24.3 Å². The van der Waals surface area contributed by atoms with E-state index in [0.717, 1.165) is 42.2 Å². The third kappa shape index (κ3) is 6.77. The number of hydrogen-bond acceptors (Lipinski definition) is 10. The molecule has 4 aromatic rings. The minimum atomic E-state index is -3.56. The van der Waals surface area contributed by atoms with E-state index in [1.54, 1.807) is 23.1 Å². The highest BCUT2D eigenvalue weighted by Gasteiger charge is 2.19. The van der Waals surface area contributed by atoms with Gasteiger partial charge in [0, 0.05) is 18.1 Å². The molecule has 0 saturated carbocycles. The highest BCUT2D eigenvalue weighted by Crippen LogP contribution is 2.22. The number of hydrogen-bond donors (Lipinski definition) is 3. The molecule has 16 heteroatoms. The molecule has 14 nitrogen and oxygen atoms in total. The lowest BCUT2D eigenvalue weighted by Gasteiger charge is -2.17. The Morgan fingerprint density at radius 3 is 2.42 bits per heavy atom. The molecule has 3 aromatic heterocycles. The molecule has 1 atom stereocenters. The number of sulfone groups is 1. The molecule has 1 amide bonds. The molecule has 1 aromatic carbocycles. The lowest BCUT2D eigenvalue weighted by Crippen LogP contribution is -2.31. The van der Waals surface area contributed by atoms with Gasteiger partial charge in [-0.2, -0.15) is 10.1 Å². The van der Waals surface area contributed by atoms with Crippen LogP contribution < -0.4 is 14.9 Å². The summed E-state index contributed by atoms with van der Waals surface area (Å²) in [6.45, 7) is 2.29. The van der Waals surface area contributed by atoms with Crippen LogP contribution in [0.2, 0.25) is 0 Å². The zero-order valence-electron chi connectivity index (χ0n) is 21.5. The number of anilines is 4. The van der Waals surface area contributed by atoms with Gasteiger partial charge in [0.25, 0.3) is 11.3 Å². The fourth-order valence-corrected chi connectivity index (χ4v) is 6.00. The van der Waals surface area contributed by atoms with Gasteiger partial charge in [-0.05, 0) is 62.3 Å². The van der Waals surface area contributed by atoms with E-state index in [1.165, 1.54) is 12.3 Å². The summed E-state index contributed by atoms with van der Waals surface area (Å²) < 4.78 is 46.7. The molecular weight excluding hydrogens is 558 g/mol. The highest BCUT2D eigenvalue weighted by molar-refractivity contribution is 7.92. The van der Waals surface area contributed by atoms with Crippen LogP contribution in [-0.2, 0) is 25.9 Å². The van der Waals surface area contributed by atoms with Crippen LogP contribution in [0.5, 0.6) is 0 Å². The van der Waals surface area contributed by atoms with E-state index in [4.69, 9.17) is 0 Å². The van der Waals surface area contributed by atoms with Crippen molar-refractivity contribution < 1.29 is 22.0 Å². The van der Waals surface area contributed by atoms with Gasteiger partial charge < -0.3 is 10.6 Å². The molecular formula is C24H27N9O5S2. The van der Waals surface area contributed by atoms with Crippen molar-refractivity contribution in [1.29, 1.82) is 0 Å². The summed E-state index contributed by atoms with van der Waals surface area (Å²) in [7, 11) is -3.56. The van der Waals surface area contributed by atoms with Crippen molar-refractivity contribution in [3.63, 3.8) is 0 Å². The predicted molar refractivity (Wildman–Crippen MR) is 151 cm³/mol. The van der Waals surface area contributed by atoms with E-state index in [9.17, 15) is 22.0 Å². The molecule has 0 spiro atoms. The van der Waals surface area contributed by atoms with E-state index >= 15 is 0 Å². The minimum Gasteiger partial charge on any atom is -0.325 e. The van der Waals surface area contributed by atoms with Crippen molar-refractivity contribution in [3.05, 3.63) is 55.0 Å². The first-order chi connectivity index (χ1) is 19.1. The zero-order chi connectivity index (χ0) is 28.3. The summed E-state index contributed by atoms with van der Waals surface area (Å²) in [5, 5.41) is 11.1. The Kier molecular flexibility index (Phi) is 8.02. The number of amides is 1. The van der Waals surface area contributed by atoms with Gasteiger partial charge in [-0.1, -0.05) is 0 Å². The summed E-state index contributed by atoms with van der Waals surface area (Å²) in [6.07, 6.45) is 7.86. The fraction of sp³-hybridized carbons (Fsp3) is 0.292. The topological polar surface area (TPSA) is 176 Å². The second-order valence-electron chi connectivity index (χ2n) is 9.30. The van der Waals surface area contributed by atoms with Crippen LogP contribution in [0.4, 0.5) is 23.1 Å². The Hall–Kier alpha value is -3.99. The molecule has 4 heterocycles. The van der Waals surface area contributed by atoms with Gasteiger partial charge in [-0.15, -0.1) is 0 Å². The van der Waals surface area contributed by atoms with Crippen molar-refractivity contribution in [1.82, 2.24) is 29.6 Å². The monoisotopic (exact) mass is 585 g/mol. The standard InChI is InChI=1S/C24H27N9O5S2/c1-40(37,38)16-32(39(35)36)21-9-6-19(14-25-21)29-24-26-12-17-13-27-33(23(17)30-24)20-7-4-18(5-8-20)28-22(34)15-31-10-2-3-11-31/h4-9,12-14H,2-3,10-11,15-16H2,1H3,(H,28,34)(H,35,36)(H,26,29,30). The summed E-state index contributed by atoms with van der Waals surface area (Å²) >= 11 is -2.57. The molecule has 3 N–H and O–H groups in total. The number of pyridine rings is 1. The number of carbonyl (C=O) groups excluding carboxylic acids is 1. The molecule has 0 radical (unpaired) electrons. The first-order valence-electron chi connectivity index (χ1n) is 12.3. The molecule has 5 rings (SSSR count). The normalized spacial score (nSPS) is 14.8. The molecule has 1 aliphatic heterocycles. The van der Waals surface area contributed by atoms with Crippen LogP contribution >= 0.6 is 0 Å². The van der Waals surface area contributed by atoms with Crippen LogP contribution in [0.1, 0.15) is 12.8 Å². The van der Waals surface area contributed by atoms with Crippen molar-refractivity contribution in [2.24, 2.45) is 0 Å². The van der Waals surface area contributed by atoms with Crippen LogP contribution in [-0.4, -0.2) is 84.5 Å². The lowest BCUT2D eigenvalue weighted by atomic mass is 10.2. The first kappa shape index (κ1) is 27.6. The Balaban J connectivity index is 1.29. The van der Waals surface area contributed by atoms with E-state index in [2.05, 4.69) is 35.6 Å². The zero-order valence-corrected chi connectivity index (χ0v) is 23.1. The smallest absolute Gasteiger partial charge is 0.264 e. The second kappa shape index (κ2) is 11.6. The van der Waals surface area contributed by atoms with Crippen molar-refractivity contribution >= 4 is 61.2 Å². The summed E-state index contributed by atoms with van der Waals surface area (Å²) in [6, 6.07) is 10.3. The number of rotatable bonds is 10. The summed E-state index contributed by atoms with van der Waals surface area (Å²) in [4.78, 5) is 27.4. The summed E-state index contributed by atoms with van der Waals surface area (Å²) in [5.74, 6) is -0.431. The van der Waals surface area contributed by atoms with Gasteiger partial charge in [-0.3, -0.25) is 14.2 Å². The number of carbonyl (C=O) groups is 1. The van der Waals surface area contributed by atoms with Crippen LogP contribution in [0, 0.1) is 0 Å². The average Bonchev–Trinajstić information content (AvgIpc) is 3.57. The summed E-state index contributed by atoms with van der Waals surface area (Å²) in [5.41, 5.74) is 2.46. The van der Waals surface area contributed by atoms with Gasteiger partial charge in [0.1, 0.15) is 11.7 Å². The number of nitrogens with one attached hydrogen (secondary N) is 2. The molecule has 1 aliphatic rings. The number of fused-ring (bicyclic) bond motifs is 1. The second-order valence-corrected chi connectivity index (χ2v) is 12.3. The minimum absolute atomic E-state index is 0.0157. The van der Waals surface area contributed by atoms with Crippen molar-refractivity contribution in [2.75, 3.05) is 46.7 Å². The maximum atomic E-state index is 12.3. The number of nitrogens with zero attached hydrogens (tertiary/aromatic N) is 7. The number of aromatic nitrogens is 5. The highest BCUT2D eigenvalue weighted by atomic mass is 32.2. The Labute approximate surface area is 232 Å². The van der Waals surface area contributed by atoms with Crippen LogP contribution in [0.3, 0.4) is 0 Å². The Bertz CT molecular complexity index is 1640. The largest absolute Gasteiger partial charge is 0.325 e. The Morgan fingerprint density at radius 2 is 1.77 bits per heavy atom. The molecule has 0 aliphatic carbocycles. The average molecular weight is 586 g/mol. The van der Waals surface area contributed by atoms with Crippen LogP contribution in [0.15, 0.2) is 55.0 Å². The van der Waals surface area contributed by atoms with Crippen LogP contribution in [0.25, 0.3) is 16.7 Å². The Morgan fingerprint density at radius 1 is 1.05 bits per heavy atom. The maximum Gasteiger partial charge on any atom is 0.264 e. The molecule has 210 valence electrons. The van der Waals surface area contributed by atoms with Gasteiger partial charge in [-0.25, -0.2) is 31.6 Å². The van der Waals surface area contributed by atoms with Gasteiger partial charge >= 0.3 is 0 Å². The quantitative estimate of drug-likeness (QED) is 0.232. The van der Waals surface area contributed by atoms with E-state index < -0.39 is 27.0 Å². The molecule has 1 unspecified atom stereocenters. The van der Waals surface area contributed by atoms with Crippen molar-refractivity contribution in [3.8, 4) is 5.69 Å². The molecule has 1 fully saturated rings. The number of benzene rings is 1. The van der Waals surface area contributed by atoms with E-state index in [0.29, 0.717) is 29.0 Å². The fourth-order valence-electron chi connectivity index (χ4n) is 4.24. The maximum absolute atomic E-state index is 12.3. The van der Waals surface area contributed by atoms with Crippen molar-refractivity contribution in [2.45, 2.75) is 12.8 Å². The van der Waals surface area contributed by atoms with Gasteiger partial charge in [0.15, 0.2) is 15.5 Å². The molecule has 1 saturated heterocycles. The third-order valence-electron chi connectivity index (χ3n) is 6.07. The first-order valence-corrected chi connectivity index (χ1v) is 15.4.